The number of nitrogens with one attached hydrogen (secondary N) is 2. The molecule has 0 aliphatic rings. The Kier molecular flexibility index (Phi) is 11.1. The van der Waals surface area contributed by atoms with Gasteiger partial charge in [0.25, 0.3) is 0 Å². The molecule has 2 aromatic rings. The lowest BCUT2D eigenvalue weighted by Gasteiger charge is -2.14. The zero-order valence-electron chi connectivity index (χ0n) is 18.4. The Morgan fingerprint density at radius 2 is 1.73 bits per heavy atom. The second-order valence-electron chi connectivity index (χ2n) is 6.56. The van der Waals surface area contributed by atoms with E-state index < -0.39 is 5.97 Å². The highest BCUT2D eigenvalue weighted by Gasteiger charge is 2.14. The van der Waals surface area contributed by atoms with E-state index >= 15 is 0 Å². The fourth-order valence-corrected chi connectivity index (χ4v) is 3.39. The summed E-state index contributed by atoms with van der Waals surface area (Å²) in [6.45, 7) is 3.99. The number of amides is 2. The van der Waals surface area contributed by atoms with Crippen LogP contribution in [0.2, 0.25) is 0 Å². The number of hydrogen-bond acceptors (Lipinski definition) is 7. The van der Waals surface area contributed by atoms with Gasteiger partial charge < -0.3 is 19.5 Å². The predicted molar refractivity (Wildman–Crippen MR) is 132 cm³/mol. The van der Waals surface area contributed by atoms with Crippen LogP contribution in [-0.4, -0.2) is 43.8 Å². The van der Waals surface area contributed by atoms with Crippen LogP contribution in [0.25, 0.3) is 0 Å². The number of benzene rings is 2. The molecule has 2 rings (SSSR count). The van der Waals surface area contributed by atoms with Crippen molar-refractivity contribution in [2.24, 2.45) is 5.10 Å². The van der Waals surface area contributed by atoms with Gasteiger partial charge in [-0.1, -0.05) is 18.2 Å². The fraction of sp³-hybridized carbons (Fsp3) is 0.304. The van der Waals surface area contributed by atoms with E-state index in [2.05, 4.69) is 38.4 Å². The first-order valence-corrected chi connectivity index (χ1v) is 11.4. The summed E-state index contributed by atoms with van der Waals surface area (Å²) in [5.74, 6) is -0.241. The standard InChI is InChI=1S/C23H26IN3O6/c1-3-31-19-13-16(12-18(24)23(19)33-15-22(30)32-4-2)14-25-27-21(29)11-10-20(28)26-17-8-6-5-7-9-17/h5-9,12-14H,3-4,10-11,15H2,1-2H3,(H,26,28)(H,27,29). The SMILES string of the molecule is CCOC(=O)COc1c(I)cc(C=NNC(=O)CCC(=O)Nc2ccccc2)cc1OCC. The van der Waals surface area contributed by atoms with Crippen LogP contribution in [0.5, 0.6) is 11.5 Å². The minimum absolute atomic E-state index is 0.00161. The number of carbonyl (C=O) groups excluding carboxylic acids is 3. The zero-order chi connectivity index (χ0) is 24.1. The molecule has 2 amide bonds. The van der Waals surface area contributed by atoms with Crippen LogP contribution in [0, 0.1) is 3.57 Å². The average Bonchev–Trinajstić information content (AvgIpc) is 2.78. The molecule has 0 saturated carbocycles. The highest BCUT2D eigenvalue weighted by atomic mass is 127. The van der Waals surface area contributed by atoms with Crippen LogP contribution in [0.15, 0.2) is 47.6 Å². The Morgan fingerprint density at radius 3 is 2.42 bits per heavy atom. The fourth-order valence-electron chi connectivity index (χ4n) is 2.61. The van der Waals surface area contributed by atoms with E-state index in [9.17, 15) is 14.4 Å². The zero-order valence-corrected chi connectivity index (χ0v) is 20.6. The van der Waals surface area contributed by atoms with Gasteiger partial charge in [-0.3, -0.25) is 9.59 Å². The van der Waals surface area contributed by atoms with E-state index in [1.54, 1.807) is 31.2 Å². The molecule has 2 N–H and O–H groups in total. The van der Waals surface area contributed by atoms with Crippen molar-refractivity contribution in [2.75, 3.05) is 25.1 Å². The Labute approximate surface area is 206 Å². The van der Waals surface area contributed by atoms with Crippen molar-refractivity contribution in [1.82, 2.24) is 5.43 Å². The van der Waals surface area contributed by atoms with Gasteiger partial charge in [0.2, 0.25) is 11.8 Å². The molecular weight excluding hydrogens is 541 g/mol. The number of anilines is 1. The van der Waals surface area contributed by atoms with Crippen LogP contribution >= 0.6 is 22.6 Å². The lowest BCUT2D eigenvalue weighted by atomic mass is 10.2. The number of carbonyl (C=O) groups is 3. The first kappa shape index (κ1) is 26.1. The molecule has 0 aliphatic heterocycles. The van der Waals surface area contributed by atoms with E-state index in [1.165, 1.54) is 6.21 Å². The molecule has 33 heavy (non-hydrogen) atoms. The molecule has 0 atom stereocenters. The Bertz CT molecular complexity index is 982. The molecule has 0 unspecified atom stereocenters. The summed E-state index contributed by atoms with van der Waals surface area (Å²) in [6, 6.07) is 12.5. The number of hydrogen-bond donors (Lipinski definition) is 2. The van der Waals surface area contributed by atoms with E-state index in [-0.39, 0.29) is 37.9 Å². The van der Waals surface area contributed by atoms with Gasteiger partial charge in [0.1, 0.15) is 0 Å². The minimum atomic E-state index is -0.471. The first-order valence-electron chi connectivity index (χ1n) is 10.3. The lowest BCUT2D eigenvalue weighted by Crippen LogP contribution is -2.20. The molecule has 0 aliphatic carbocycles. The second kappa shape index (κ2) is 14.1. The molecule has 176 valence electrons. The molecule has 0 saturated heterocycles. The molecular formula is C23H26IN3O6. The minimum Gasteiger partial charge on any atom is -0.490 e. The molecule has 10 heteroatoms. The molecule has 0 radical (unpaired) electrons. The van der Waals surface area contributed by atoms with Crippen LogP contribution in [0.4, 0.5) is 5.69 Å². The summed E-state index contributed by atoms with van der Waals surface area (Å²) in [5, 5.41) is 6.66. The number of hydrazone groups is 1. The van der Waals surface area contributed by atoms with Gasteiger partial charge in [0.15, 0.2) is 18.1 Å². The summed E-state index contributed by atoms with van der Waals surface area (Å²) >= 11 is 2.06. The summed E-state index contributed by atoms with van der Waals surface area (Å²) in [6.07, 6.45) is 1.50. The van der Waals surface area contributed by atoms with Crippen LogP contribution in [-0.2, 0) is 19.1 Å². The topological polar surface area (TPSA) is 115 Å². The maximum Gasteiger partial charge on any atom is 0.344 e. The van der Waals surface area contributed by atoms with Gasteiger partial charge in [0, 0.05) is 18.5 Å². The van der Waals surface area contributed by atoms with Crippen LogP contribution in [0.3, 0.4) is 0 Å². The number of halogens is 1. The van der Waals surface area contributed by atoms with Crippen molar-refractivity contribution in [2.45, 2.75) is 26.7 Å². The van der Waals surface area contributed by atoms with Gasteiger partial charge in [-0.2, -0.15) is 5.10 Å². The quantitative estimate of drug-likeness (QED) is 0.176. The number of ether oxygens (including phenoxy) is 3. The molecule has 0 fully saturated rings. The van der Waals surface area contributed by atoms with E-state index in [4.69, 9.17) is 14.2 Å². The van der Waals surface area contributed by atoms with E-state index in [1.807, 2.05) is 25.1 Å². The van der Waals surface area contributed by atoms with Gasteiger partial charge in [-0.15, -0.1) is 0 Å². The third-order valence-electron chi connectivity index (χ3n) is 4.01. The van der Waals surface area contributed by atoms with Gasteiger partial charge in [-0.05, 0) is 66.3 Å². The number of rotatable bonds is 12. The highest BCUT2D eigenvalue weighted by Crippen LogP contribution is 2.34. The lowest BCUT2D eigenvalue weighted by molar-refractivity contribution is -0.145. The van der Waals surface area contributed by atoms with E-state index in [0.717, 1.165) is 0 Å². The molecule has 2 aromatic carbocycles. The number of esters is 1. The maximum absolute atomic E-state index is 12.0. The van der Waals surface area contributed by atoms with Gasteiger partial charge in [0.05, 0.1) is 23.0 Å². The Morgan fingerprint density at radius 1 is 1.00 bits per heavy atom. The Hall–Kier alpha value is -3.15. The summed E-state index contributed by atoms with van der Waals surface area (Å²) in [5.41, 5.74) is 3.74. The monoisotopic (exact) mass is 567 g/mol. The van der Waals surface area contributed by atoms with Crippen molar-refractivity contribution >= 4 is 52.3 Å². The van der Waals surface area contributed by atoms with Gasteiger partial charge in [-0.25, -0.2) is 10.2 Å². The summed E-state index contributed by atoms with van der Waals surface area (Å²) < 4.78 is 16.8. The van der Waals surface area contributed by atoms with Crippen molar-refractivity contribution in [3.05, 3.63) is 51.6 Å². The second-order valence-corrected chi connectivity index (χ2v) is 7.73. The molecule has 0 aromatic heterocycles. The van der Waals surface area contributed by atoms with Gasteiger partial charge >= 0.3 is 5.97 Å². The van der Waals surface area contributed by atoms with Crippen molar-refractivity contribution in [3.8, 4) is 11.5 Å². The van der Waals surface area contributed by atoms with Crippen LogP contribution in [0.1, 0.15) is 32.3 Å². The van der Waals surface area contributed by atoms with Crippen molar-refractivity contribution in [1.29, 1.82) is 0 Å². The number of para-hydroxylation sites is 1. The summed E-state index contributed by atoms with van der Waals surface area (Å²) in [4.78, 5) is 35.5. The van der Waals surface area contributed by atoms with Crippen molar-refractivity contribution in [3.63, 3.8) is 0 Å². The molecule has 0 bridgehead atoms. The average molecular weight is 567 g/mol. The van der Waals surface area contributed by atoms with Crippen LogP contribution < -0.4 is 20.2 Å². The third kappa shape index (κ3) is 9.48. The maximum atomic E-state index is 12.0. The highest BCUT2D eigenvalue weighted by molar-refractivity contribution is 14.1. The predicted octanol–water partition coefficient (Wildman–Crippen LogP) is 3.50. The molecule has 0 heterocycles. The first-order chi connectivity index (χ1) is 15.9. The molecule has 9 nitrogen and oxygen atoms in total. The third-order valence-corrected chi connectivity index (χ3v) is 4.81. The number of nitrogens with zero attached hydrogens (tertiary/aromatic N) is 1. The Balaban J connectivity index is 1.90. The largest absolute Gasteiger partial charge is 0.490 e. The molecule has 0 spiro atoms. The van der Waals surface area contributed by atoms with Crippen molar-refractivity contribution < 1.29 is 28.6 Å². The smallest absolute Gasteiger partial charge is 0.344 e. The summed E-state index contributed by atoms with van der Waals surface area (Å²) in [7, 11) is 0. The normalized spacial score (nSPS) is 10.5. The van der Waals surface area contributed by atoms with E-state index in [0.29, 0.717) is 32.9 Å².